The lowest BCUT2D eigenvalue weighted by atomic mass is 10.00. The molecule has 2 atom stereocenters. The Labute approximate surface area is 114 Å². The highest BCUT2D eigenvalue weighted by atomic mass is 16.4. The maximum absolute atomic E-state index is 11.7. The molecule has 0 aromatic rings. The molecule has 1 heterocycles. The van der Waals surface area contributed by atoms with Crippen molar-refractivity contribution in [1.82, 2.24) is 15.8 Å². The zero-order chi connectivity index (χ0) is 14.3. The second kappa shape index (κ2) is 7.99. The minimum absolute atomic E-state index is 0.156. The molecule has 110 valence electrons. The second-order valence-corrected chi connectivity index (χ2v) is 5.25. The van der Waals surface area contributed by atoms with Gasteiger partial charge in [-0.3, -0.25) is 10.2 Å². The molecule has 1 saturated heterocycles. The van der Waals surface area contributed by atoms with Crippen LogP contribution in [-0.2, 0) is 4.79 Å². The molecule has 1 aliphatic rings. The normalized spacial score (nSPS) is 23.9. The Bertz CT molecular complexity index is 300. The highest BCUT2D eigenvalue weighted by Gasteiger charge is 2.25. The molecule has 19 heavy (non-hydrogen) atoms. The molecule has 6 heteroatoms. The minimum atomic E-state index is -0.791. The summed E-state index contributed by atoms with van der Waals surface area (Å²) < 4.78 is 0. The van der Waals surface area contributed by atoms with Crippen molar-refractivity contribution in [1.29, 1.82) is 0 Å². The van der Waals surface area contributed by atoms with Crippen LogP contribution in [0.1, 0.15) is 52.4 Å². The van der Waals surface area contributed by atoms with Gasteiger partial charge in [0.05, 0.1) is 0 Å². The number of amides is 2. The highest BCUT2D eigenvalue weighted by molar-refractivity contribution is 5.73. The maximum Gasteiger partial charge on any atom is 0.329 e. The van der Waals surface area contributed by atoms with E-state index in [9.17, 15) is 9.59 Å². The lowest BCUT2D eigenvalue weighted by Gasteiger charge is -2.38. The third kappa shape index (κ3) is 5.92. The number of carbonyl (C=O) groups excluding carboxylic acids is 1. The average molecular weight is 271 g/mol. The first-order valence-corrected chi connectivity index (χ1v) is 7.05. The van der Waals surface area contributed by atoms with Gasteiger partial charge in [-0.05, 0) is 39.5 Å². The molecule has 0 bridgehead atoms. The predicted octanol–water partition coefficient (Wildman–Crippen LogP) is 1.72. The van der Waals surface area contributed by atoms with E-state index in [0.29, 0.717) is 31.5 Å². The van der Waals surface area contributed by atoms with Crippen molar-refractivity contribution in [3.05, 3.63) is 0 Å². The Kier molecular flexibility index (Phi) is 6.62. The second-order valence-electron chi connectivity index (χ2n) is 5.25. The van der Waals surface area contributed by atoms with Crippen molar-refractivity contribution in [3.63, 3.8) is 0 Å². The number of carbonyl (C=O) groups is 2. The molecule has 0 spiro atoms. The van der Waals surface area contributed by atoms with Crippen molar-refractivity contribution in [2.45, 2.75) is 64.5 Å². The summed E-state index contributed by atoms with van der Waals surface area (Å²) in [6.45, 7) is 4.74. The summed E-state index contributed by atoms with van der Waals surface area (Å²) >= 11 is 0. The van der Waals surface area contributed by atoms with Crippen LogP contribution in [0.15, 0.2) is 0 Å². The Balaban J connectivity index is 2.17. The summed E-state index contributed by atoms with van der Waals surface area (Å²) in [7, 11) is 0. The van der Waals surface area contributed by atoms with Gasteiger partial charge in [-0.1, -0.05) is 6.42 Å². The van der Waals surface area contributed by atoms with Crippen molar-refractivity contribution in [2.75, 3.05) is 6.54 Å². The minimum Gasteiger partial charge on any atom is -0.481 e. The Hall–Kier alpha value is -1.30. The van der Waals surface area contributed by atoms with Crippen LogP contribution in [0.4, 0.5) is 4.79 Å². The van der Waals surface area contributed by atoms with Crippen molar-refractivity contribution in [2.24, 2.45) is 0 Å². The van der Waals surface area contributed by atoms with E-state index in [1.807, 2.05) is 5.01 Å². The van der Waals surface area contributed by atoms with Gasteiger partial charge in [0.15, 0.2) is 0 Å². The van der Waals surface area contributed by atoms with Crippen LogP contribution in [0.3, 0.4) is 0 Å². The van der Waals surface area contributed by atoms with Crippen LogP contribution in [0.2, 0.25) is 0 Å². The summed E-state index contributed by atoms with van der Waals surface area (Å²) in [4.78, 5) is 22.0. The number of hydrogen-bond acceptors (Lipinski definition) is 3. The standard InChI is InChI=1S/C13H25N3O3/c1-10-6-5-7-11(2)16(10)15-13(19)14-9-4-3-8-12(17)18/h10-11H,3-9H2,1-2H3,(H,17,18)(H2,14,15,19). The Morgan fingerprint density at radius 3 is 2.42 bits per heavy atom. The quantitative estimate of drug-likeness (QED) is 0.642. The van der Waals surface area contributed by atoms with E-state index >= 15 is 0 Å². The van der Waals surface area contributed by atoms with Crippen LogP contribution in [0.5, 0.6) is 0 Å². The van der Waals surface area contributed by atoms with E-state index in [1.165, 1.54) is 6.42 Å². The van der Waals surface area contributed by atoms with Crippen molar-refractivity contribution >= 4 is 12.0 Å². The number of unbranched alkanes of at least 4 members (excludes halogenated alkanes) is 1. The number of piperidine rings is 1. The van der Waals surface area contributed by atoms with Gasteiger partial charge in [-0.15, -0.1) is 0 Å². The summed E-state index contributed by atoms with van der Waals surface area (Å²) in [5.74, 6) is -0.791. The van der Waals surface area contributed by atoms with Crippen LogP contribution < -0.4 is 10.7 Å². The van der Waals surface area contributed by atoms with Crippen LogP contribution in [0.25, 0.3) is 0 Å². The van der Waals surface area contributed by atoms with Gasteiger partial charge in [-0.25, -0.2) is 9.80 Å². The van der Waals surface area contributed by atoms with Crippen LogP contribution >= 0.6 is 0 Å². The van der Waals surface area contributed by atoms with Gasteiger partial charge in [0.1, 0.15) is 0 Å². The van der Waals surface area contributed by atoms with Gasteiger partial charge in [0.2, 0.25) is 0 Å². The monoisotopic (exact) mass is 271 g/mol. The summed E-state index contributed by atoms with van der Waals surface area (Å²) in [5.41, 5.74) is 2.89. The predicted molar refractivity (Wildman–Crippen MR) is 72.6 cm³/mol. The third-order valence-electron chi connectivity index (χ3n) is 3.53. The van der Waals surface area contributed by atoms with E-state index in [1.54, 1.807) is 0 Å². The van der Waals surface area contributed by atoms with Crippen molar-refractivity contribution in [3.8, 4) is 0 Å². The van der Waals surface area contributed by atoms with E-state index in [4.69, 9.17) is 5.11 Å². The first kappa shape index (κ1) is 15.8. The number of hydrogen-bond donors (Lipinski definition) is 3. The molecule has 2 amide bonds. The number of carboxylic acid groups (broad SMARTS) is 1. The number of hydrazine groups is 1. The van der Waals surface area contributed by atoms with Gasteiger partial charge in [-0.2, -0.15) is 0 Å². The fourth-order valence-electron chi connectivity index (χ4n) is 2.40. The largest absolute Gasteiger partial charge is 0.481 e. The van der Waals surface area contributed by atoms with Crippen LogP contribution in [0, 0.1) is 0 Å². The Morgan fingerprint density at radius 2 is 1.84 bits per heavy atom. The zero-order valence-corrected chi connectivity index (χ0v) is 11.8. The molecular formula is C13H25N3O3. The lowest BCUT2D eigenvalue weighted by Crippen LogP contribution is -2.56. The molecule has 0 aromatic heterocycles. The van der Waals surface area contributed by atoms with Crippen molar-refractivity contribution < 1.29 is 14.7 Å². The molecule has 0 aliphatic carbocycles. The van der Waals surface area contributed by atoms with E-state index in [2.05, 4.69) is 24.6 Å². The molecule has 0 aromatic carbocycles. The number of nitrogens with one attached hydrogen (secondary N) is 2. The van der Waals surface area contributed by atoms with Gasteiger partial charge in [0, 0.05) is 25.0 Å². The summed E-state index contributed by atoms with van der Waals surface area (Å²) in [6.07, 6.45) is 4.84. The van der Waals surface area contributed by atoms with Crippen LogP contribution in [-0.4, -0.2) is 40.7 Å². The number of nitrogens with zero attached hydrogens (tertiary/aromatic N) is 1. The molecule has 6 nitrogen and oxygen atoms in total. The topological polar surface area (TPSA) is 81.7 Å². The van der Waals surface area contributed by atoms with Gasteiger partial charge in [0.25, 0.3) is 0 Å². The van der Waals surface area contributed by atoms with E-state index in [-0.39, 0.29) is 12.5 Å². The number of rotatable bonds is 6. The average Bonchev–Trinajstić information content (AvgIpc) is 2.33. The molecule has 0 radical (unpaired) electrons. The summed E-state index contributed by atoms with van der Waals surface area (Å²) in [5, 5.41) is 13.3. The maximum atomic E-state index is 11.7. The number of carboxylic acids is 1. The molecular weight excluding hydrogens is 246 g/mol. The number of aliphatic carboxylic acids is 1. The molecule has 1 rings (SSSR count). The third-order valence-corrected chi connectivity index (χ3v) is 3.53. The SMILES string of the molecule is CC1CCCC(C)N1NC(=O)NCCCCC(=O)O. The fourth-order valence-corrected chi connectivity index (χ4v) is 2.40. The van der Waals surface area contributed by atoms with Gasteiger partial charge >= 0.3 is 12.0 Å². The van der Waals surface area contributed by atoms with E-state index in [0.717, 1.165) is 12.8 Å². The Morgan fingerprint density at radius 1 is 1.21 bits per heavy atom. The summed E-state index contributed by atoms with van der Waals surface area (Å²) in [6, 6.07) is 0.527. The molecule has 0 saturated carbocycles. The smallest absolute Gasteiger partial charge is 0.329 e. The molecule has 3 N–H and O–H groups in total. The molecule has 1 aliphatic heterocycles. The highest BCUT2D eigenvalue weighted by Crippen LogP contribution is 2.19. The molecule has 2 unspecified atom stereocenters. The molecule has 1 fully saturated rings. The van der Waals surface area contributed by atoms with E-state index < -0.39 is 5.97 Å². The first-order chi connectivity index (χ1) is 9.00. The lowest BCUT2D eigenvalue weighted by molar-refractivity contribution is -0.137. The first-order valence-electron chi connectivity index (χ1n) is 7.05. The number of urea groups is 1. The fraction of sp³-hybridized carbons (Fsp3) is 0.846. The zero-order valence-electron chi connectivity index (χ0n) is 11.8. The van der Waals surface area contributed by atoms with Gasteiger partial charge < -0.3 is 10.4 Å².